The molecule has 0 bridgehead atoms. The Bertz CT molecular complexity index is 925. The van der Waals surface area contributed by atoms with Crippen molar-refractivity contribution in [2.24, 2.45) is 5.92 Å². The van der Waals surface area contributed by atoms with Crippen LogP contribution in [0, 0.1) is 11.7 Å². The van der Waals surface area contributed by atoms with Crippen molar-refractivity contribution in [3.8, 4) is 0 Å². The van der Waals surface area contributed by atoms with Crippen molar-refractivity contribution in [2.45, 2.75) is 19.0 Å². The molecular formula is C21H20F4N2O3. The minimum Gasteiger partial charge on any atom is -0.381 e. The maximum atomic E-state index is 13.3. The van der Waals surface area contributed by atoms with E-state index in [-0.39, 0.29) is 30.1 Å². The minimum atomic E-state index is -4.70. The average molecular weight is 424 g/mol. The molecule has 1 atom stereocenters. The highest BCUT2D eigenvalue weighted by Crippen LogP contribution is 2.32. The summed E-state index contributed by atoms with van der Waals surface area (Å²) in [6.45, 7) is 1.37. The van der Waals surface area contributed by atoms with Gasteiger partial charge in [-0.1, -0.05) is 12.1 Å². The van der Waals surface area contributed by atoms with Crippen molar-refractivity contribution < 1.29 is 31.9 Å². The van der Waals surface area contributed by atoms with Crippen LogP contribution in [-0.4, -0.2) is 31.6 Å². The van der Waals surface area contributed by atoms with Gasteiger partial charge in [0.25, 0.3) is 5.91 Å². The molecule has 1 heterocycles. The molecule has 0 radical (unpaired) electrons. The normalized spacial score (nSPS) is 16.3. The maximum Gasteiger partial charge on any atom is 0.416 e. The number of anilines is 1. The van der Waals surface area contributed by atoms with Gasteiger partial charge >= 0.3 is 6.18 Å². The van der Waals surface area contributed by atoms with E-state index in [9.17, 15) is 27.2 Å². The van der Waals surface area contributed by atoms with Crippen LogP contribution in [-0.2, 0) is 22.1 Å². The van der Waals surface area contributed by atoms with E-state index < -0.39 is 29.4 Å². The Morgan fingerprint density at radius 2 is 1.93 bits per heavy atom. The molecule has 0 saturated carbocycles. The first-order valence-corrected chi connectivity index (χ1v) is 9.33. The molecule has 160 valence electrons. The fourth-order valence-corrected chi connectivity index (χ4v) is 3.12. The Kier molecular flexibility index (Phi) is 6.71. The molecule has 1 aliphatic heterocycles. The van der Waals surface area contributed by atoms with Crippen LogP contribution in [0.1, 0.15) is 27.9 Å². The van der Waals surface area contributed by atoms with E-state index >= 15 is 0 Å². The van der Waals surface area contributed by atoms with E-state index in [0.29, 0.717) is 18.8 Å². The Morgan fingerprint density at radius 1 is 1.13 bits per heavy atom. The van der Waals surface area contributed by atoms with Crippen molar-refractivity contribution in [2.75, 3.05) is 25.1 Å². The third kappa shape index (κ3) is 6.03. The van der Waals surface area contributed by atoms with Gasteiger partial charge in [0.2, 0.25) is 5.91 Å². The molecule has 0 spiro atoms. The molecule has 30 heavy (non-hydrogen) atoms. The lowest BCUT2D eigenvalue weighted by Gasteiger charge is -2.14. The van der Waals surface area contributed by atoms with Gasteiger partial charge in [-0.25, -0.2) is 4.39 Å². The van der Waals surface area contributed by atoms with Gasteiger partial charge in [0.05, 0.1) is 18.6 Å². The number of halogens is 4. The van der Waals surface area contributed by atoms with Crippen molar-refractivity contribution in [3.05, 3.63) is 65.0 Å². The van der Waals surface area contributed by atoms with Crippen molar-refractivity contribution >= 4 is 17.5 Å². The lowest BCUT2D eigenvalue weighted by atomic mass is 10.1. The molecule has 0 aliphatic carbocycles. The molecule has 1 aliphatic rings. The molecule has 1 unspecified atom stereocenters. The van der Waals surface area contributed by atoms with Gasteiger partial charge in [-0.05, 0) is 42.3 Å². The predicted molar refractivity (Wildman–Crippen MR) is 101 cm³/mol. The van der Waals surface area contributed by atoms with E-state index in [4.69, 9.17) is 4.74 Å². The fraction of sp³-hybridized carbons (Fsp3) is 0.333. The van der Waals surface area contributed by atoms with Crippen LogP contribution >= 0.6 is 0 Å². The fourth-order valence-electron chi connectivity index (χ4n) is 3.12. The SMILES string of the molecule is O=C(Cc1cccc(F)c1)Nc1cc(C(=O)NCC2CCOC2)cc(C(F)(F)F)c1. The van der Waals surface area contributed by atoms with Crippen LogP contribution in [0.15, 0.2) is 42.5 Å². The lowest BCUT2D eigenvalue weighted by Crippen LogP contribution is -2.30. The highest BCUT2D eigenvalue weighted by atomic mass is 19.4. The zero-order chi connectivity index (χ0) is 21.7. The highest BCUT2D eigenvalue weighted by Gasteiger charge is 2.32. The largest absolute Gasteiger partial charge is 0.416 e. The second-order valence-electron chi connectivity index (χ2n) is 7.09. The minimum absolute atomic E-state index is 0.116. The van der Waals surface area contributed by atoms with Crippen molar-refractivity contribution in [3.63, 3.8) is 0 Å². The lowest BCUT2D eigenvalue weighted by molar-refractivity contribution is -0.137. The zero-order valence-electron chi connectivity index (χ0n) is 15.9. The summed E-state index contributed by atoms with van der Waals surface area (Å²) in [7, 11) is 0. The summed E-state index contributed by atoms with van der Waals surface area (Å²) >= 11 is 0. The van der Waals surface area contributed by atoms with Crippen LogP contribution in [0.3, 0.4) is 0 Å². The first kappa shape index (κ1) is 21.8. The number of amides is 2. The second kappa shape index (κ2) is 9.25. The number of carbonyl (C=O) groups excluding carboxylic acids is 2. The second-order valence-corrected chi connectivity index (χ2v) is 7.09. The van der Waals surface area contributed by atoms with E-state index in [0.717, 1.165) is 24.6 Å². The number of alkyl halides is 3. The van der Waals surface area contributed by atoms with Gasteiger partial charge in [0.1, 0.15) is 5.82 Å². The van der Waals surface area contributed by atoms with E-state index in [1.807, 2.05) is 0 Å². The Balaban J connectivity index is 1.74. The van der Waals surface area contributed by atoms with Gasteiger partial charge in [0, 0.05) is 30.3 Å². The smallest absolute Gasteiger partial charge is 0.381 e. The number of benzene rings is 2. The Morgan fingerprint density at radius 3 is 2.60 bits per heavy atom. The summed E-state index contributed by atoms with van der Waals surface area (Å²) in [6.07, 6.45) is -4.15. The van der Waals surface area contributed by atoms with Crippen LogP contribution in [0.5, 0.6) is 0 Å². The van der Waals surface area contributed by atoms with E-state index in [1.54, 1.807) is 0 Å². The molecule has 2 amide bonds. The summed E-state index contributed by atoms with van der Waals surface area (Å²) in [5.41, 5.74) is -1.07. The monoisotopic (exact) mass is 424 g/mol. The summed E-state index contributed by atoms with van der Waals surface area (Å²) in [5, 5.41) is 4.96. The van der Waals surface area contributed by atoms with Crippen molar-refractivity contribution in [1.29, 1.82) is 0 Å². The highest BCUT2D eigenvalue weighted by molar-refractivity contribution is 5.98. The van der Waals surface area contributed by atoms with E-state index in [2.05, 4.69) is 10.6 Å². The van der Waals surface area contributed by atoms with Crippen LogP contribution < -0.4 is 10.6 Å². The number of hydrogen-bond acceptors (Lipinski definition) is 3. The zero-order valence-corrected chi connectivity index (χ0v) is 15.9. The molecule has 0 aromatic heterocycles. The number of rotatable bonds is 6. The van der Waals surface area contributed by atoms with Crippen LogP contribution in [0.4, 0.5) is 23.2 Å². The van der Waals surface area contributed by atoms with Crippen LogP contribution in [0.25, 0.3) is 0 Å². The Hall–Kier alpha value is -2.94. The standard InChI is InChI=1S/C21H20F4N2O3/c22-17-3-1-2-13(6-17)7-19(28)27-18-9-15(8-16(10-18)21(23,24)25)20(29)26-11-14-4-5-30-12-14/h1-3,6,8-10,14H,4-5,7,11-12H2,(H,26,29)(H,27,28). The first-order valence-electron chi connectivity index (χ1n) is 9.33. The van der Waals surface area contributed by atoms with E-state index in [1.165, 1.54) is 24.3 Å². The van der Waals surface area contributed by atoms with Gasteiger partial charge in [-0.3, -0.25) is 9.59 Å². The van der Waals surface area contributed by atoms with Gasteiger partial charge in [0.15, 0.2) is 0 Å². The predicted octanol–water partition coefficient (Wildman–Crippen LogP) is 3.79. The molecule has 3 rings (SSSR count). The molecule has 2 aromatic carbocycles. The average Bonchev–Trinajstić information content (AvgIpc) is 3.18. The molecule has 5 nitrogen and oxygen atoms in total. The summed E-state index contributed by atoms with van der Waals surface area (Å²) in [4.78, 5) is 24.6. The first-order chi connectivity index (χ1) is 14.2. The number of nitrogens with one attached hydrogen (secondary N) is 2. The Labute approximate surface area is 170 Å². The van der Waals surface area contributed by atoms with Gasteiger partial charge in [-0.2, -0.15) is 13.2 Å². The maximum absolute atomic E-state index is 13.3. The summed E-state index contributed by atoms with van der Waals surface area (Å²) < 4.78 is 58.3. The van der Waals surface area contributed by atoms with Gasteiger partial charge in [-0.15, -0.1) is 0 Å². The summed E-state index contributed by atoms with van der Waals surface area (Å²) in [6, 6.07) is 8.02. The van der Waals surface area contributed by atoms with Crippen molar-refractivity contribution in [1.82, 2.24) is 5.32 Å². The molecule has 2 aromatic rings. The molecule has 1 saturated heterocycles. The molecule has 9 heteroatoms. The molecule has 1 fully saturated rings. The quantitative estimate of drug-likeness (QED) is 0.694. The van der Waals surface area contributed by atoms with Gasteiger partial charge < -0.3 is 15.4 Å². The summed E-state index contributed by atoms with van der Waals surface area (Å²) in [5.74, 6) is -1.71. The third-order valence-electron chi connectivity index (χ3n) is 4.64. The van der Waals surface area contributed by atoms with Crippen LogP contribution in [0.2, 0.25) is 0 Å². The third-order valence-corrected chi connectivity index (χ3v) is 4.64. The number of ether oxygens (including phenoxy) is 1. The number of hydrogen-bond donors (Lipinski definition) is 2. The molecular weight excluding hydrogens is 404 g/mol. The number of carbonyl (C=O) groups is 2. The molecule has 2 N–H and O–H groups in total. The topological polar surface area (TPSA) is 67.4 Å².